The molecule has 6 rings (SSSR count). The minimum absolute atomic E-state index is 0.138. The predicted molar refractivity (Wildman–Crippen MR) is 142 cm³/mol. The van der Waals surface area contributed by atoms with Crippen LogP contribution in [0.3, 0.4) is 0 Å². The molecule has 9 heteroatoms. The van der Waals surface area contributed by atoms with Crippen LogP contribution in [0.15, 0.2) is 65.9 Å². The Morgan fingerprint density at radius 3 is 2.59 bits per heavy atom. The van der Waals surface area contributed by atoms with Crippen LogP contribution in [0.25, 0.3) is 16.0 Å². The molecule has 0 aliphatic carbocycles. The van der Waals surface area contributed by atoms with Crippen molar-refractivity contribution >= 4 is 39.0 Å². The number of amides is 1. The van der Waals surface area contributed by atoms with Gasteiger partial charge in [0.05, 0.1) is 40.7 Å². The van der Waals surface area contributed by atoms with Gasteiger partial charge < -0.3 is 14.7 Å². The zero-order valence-electron chi connectivity index (χ0n) is 20.6. The molecule has 1 saturated heterocycles. The highest BCUT2D eigenvalue weighted by Crippen LogP contribution is 2.41. The molecular weight excluding hydrogens is 488 g/mol. The summed E-state index contributed by atoms with van der Waals surface area (Å²) in [7, 11) is 0. The maximum absolute atomic E-state index is 14.0. The van der Waals surface area contributed by atoms with Gasteiger partial charge in [-0.05, 0) is 31.0 Å². The number of hydrogen-bond donors (Lipinski definition) is 1. The molecule has 2 aliphatic heterocycles. The lowest BCUT2D eigenvalue weighted by Gasteiger charge is -2.30. The van der Waals surface area contributed by atoms with Gasteiger partial charge in [-0.2, -0.15) is 0 Å². The Morgan fingerprint density at radius 2 is 1.81 bits per heavy atom. The summed E-state index contributed by atoms with van der Waals surface area (Å²) in [6.07, 6.45) is 0.738. The van der Waals surface area contributed by atoms with Gasteiger partial charge in [0.25, 0.3) is 5.91 Å². The number of Topliss-reactive ketones (excluding diaryl/α,β-unsaturated/α-hetero) is 1. The quantitative estimate of drug-likeness (QED) is 0.371. The number of rotatable bonds is 7. The molecular formula is C28H28N4O4S. The summed E-state index contributed by atoms with van der Waals surface area (Å²) in [4.78, 5) is 37.2. The first-order valence-corrected chi connectivity index (χ1v) is 13.4. The fourth-order valence-corrected chi connectivity index (χ4v) is 6.48. The van der Waals surface area contributed by atoms with Crippen LogP contribution in [0.4, 0.5) is 0 Å². The summed E-state index contributed by atoms with van der Waals surface area (Å²) in [6.45, 7) is 6.33. The first-order chi connectivity index (χ1) is 18.0. The Morgan fingerprint density at radius 1 is 1.08 bits per heavy atom. The first kappa shape index (κ1) is 23.8. The summed E-state index contributed by atoms with van der Waals surface area (Å²) in [5.74, 6) is -1.28. The number of aliphatic hydroxyl groups is 1. The van der Waals surface area contributed by atoms with Crippen molar-refractivity contribution in [2.24, 2.45) is 0 Å². The molecule has 0 radical (unpaired) electrons. The number of para-hydroxylation sites is 2. The van der Waals surface area contributed by atoms with Gasteiger partial charge in [0.2, 0.25) is 5.78 Å². The number of thiazole rings is 1. The van der Waals surface area contributed by atoms with E-state index in [0.29, 0.717) is 16.4 Å². The summed E-state index contributed by atoms with van der Waals surface area (Å²) >= 11 is 1.29. The van der Waals surface area contributed by atoms with Crippen LogP contribution < -0.4 is 0 Å². The third kappa shape index (κ3) is 4.13. The lowest BCUT2D eigenvalue weighted by Crippen LogP contribution is -2.39. The number of fused-ring (bicyclic) bond motifs is 3. The van der Waals surface area contributed by atoms with Crippen molar-refractivity contribution in [1.29, 1.82) is 0 Å². The minimum Gasteiger partial charge on any atom is -0.503 e. The number of carbonyl (C=O) groups excluding carboxylic acids is 2. The van der Waals surface area contributed by atoms with E-state index >= 15 is 0 Å². The molecule has 37 heavy (non-hydrogen) atoms. The third-order valence-corrected chi connectivity index (χ3v) is 8.38. The summed E-state index contributed by atoms with van der Waals surface area (Å²) < 4.78 is 7.40. The van der Waals surface area contributed by atoms with Crippen molar-refractivity contribution in [3.8, 4) is 0 Å². The number of imidazole rings is 1. The van der Waals surface area contributed by atoms with E-state index in [0.717, 1.165) is 61.6 Å². The summed E-state index contributed by atoms with van der Waals surface area (Å²) in [5, 5.41) is 11.1. The van der Waals surface area contributed by atoms with Crippen LogP contribution in [-0.4, -0.2) is 75.4 Å². The van der Waals surface area contributed by atoms with Gasteiger partial charge in [0.1, 0.15) is 0 Å². The standard InChI is InChI=1S/C28H28N4O4S/c1-18-26(37-28-29-20-10-5-6-11-21(20)32(18)28)24(33)22-23(19-8-3-2-4-9-19)31(27(35)25(22)34)13-7-12-30-14-16-36-17-15-30/h2-6,8-11,23,34H,7,12-17H2,1H3. The number of aryl methyl sites for hydroxylation is 1. The van der Waals surface area contributed by atoms with Crippen molar-refractivity contribution in [3.05, 3.63) is 82.1 Å². The fourth-order valence-electron chi connectivity index (χ4n) is 5.38. The molecule has 0 bridgehead atoms. The zero-order valence-corrected chi connectivity index (χ0v) is 21.4. The maximum Gasteiger partial charge on any atom is 0.290 e. The van der Waals surface area contributed by atoms with Crippen molar-refractivity contribution in [2.45, 2.75) is 19.4 Å². The lowest BCUT2D eigenvalue weighted by molar-refractivity contribution is -0.129. The Balaban J connectivity index is 1.34. The Kier molecular flexibility index (Phi) is 6.27. The van der Waals surface area contributed by atoms with Crippen molar-refractivity contribution in [2.75, 3.05) is 39.4 Å². The van der Waals surface area contributed by atoms with E-state index in [4.69, 9.17) is 4.74 Å². The van der Waals surface area contributed by atoms with Gasteiger partial charge in [0.15, 0.2) is 10.7 Å². The predicted octanol–water partition coefficient (Wildman–Crippen LogP) is 4.16. The van der Waals surface area contributed by atoms with Crippen molar-refractivity contribution < 1.29 is 19.4 Å². The van der Waals surface area contributed by atoms with Crippen LogP contribution in [0.2, 0.25) is 0 Å². The second kappa shape index (κ2) is 9.74. The number of ketones is 1. The fraction of sp³-hybridized carbons (Fsp3) is 0.321. The second-order valence-electron chi connectivity index (χ2n) is 9.45. The maximum atomic E-state index is 14.0. The topological polar surface area (TPSA) is 87.4 Å². The van der Waals surface area contributed by atoms with Gasteiger partial charge in [-0.3, -0.25) is 18.9 Å². The van der Waals surface area contributed by atoms with Crippen LogP contribution in [-0.2, 0) is 9.53 Å². The van der Waals surface area contributed by atoms with Gasteiger partial charge in [-0.15, -0.1) is 0 Å². The molecule has 0 saturated carbocycles. The van der Waals surface area contributed by atoms with Gasteiger partial charge in [-0.1, -0.05) is 53.8 Å². The molecule has 1 amide bonds. The second-order valence-corrected chi connectivity index (χ2v) is 10.4. The molecule has 4 aromatic rings. The van der Waals surface area contributed by atoms with Gasteiger partial charge in [0, 0.05) is 31.9 Å². The van der Waals surface area contributed by atoms with Crippen molar-refractivity contribution in [3.63, 3.8) is 0 Å². The largest absolute Gasteiger partial charge is 0.503 e. The number of benzene rings is 2. The highest BCUT2D eigenvalue weighted by molar-refractivity contribution is 7.19. The highest BCUT2D eigenvalue weighted by Gasteiger charge is 2.44. The number of morpholine rings is 1. The minimum atomic E-state index is -0.642. The normalized spacial score (nSPS) is 19.0. The molecule has 190 valence electrons. The van der Waals surface area contributed by atoms with E-state index in [9.17, 15) is 14.7 Å². The number of hydrogen-bond acceptors (Lipinski definition) is 7. The lowest BCUT2D eigenvalue weighted by atomic mass is 9.95. The molecule has 2 aromatic carbocycles. The number of ether oxygens (including phenoxy) is 1. The van der Waals surface area contributed by atoms with Gasteiger partial charge in [-0.25, -0.2) is 4.98 Å². The summed E-state index contributed by atoms with van der Waals surface area (Å²) in [5.41, 5.74) is 3.49. The number of aliphatic hydroxyl groups excluding tert-OH is 1. The smallest absolute Gasteiger partial charge is 0.290 e. The van der Waals surface area contributed by atoms with Crippen LogP contribution in [0.5, 0.6) is 0 Å². The first-order valence-electron chi connectivity index (χ1n) is 12.5. The number of aromatic nitrogens is 2. The molecule has 1 unspecified atom stereocenters. The molecule has 1 fully saturated rings. The molecule has 2 aromatic heterocycles. The SMILES string of the molecule is Cc1c(C(=O)C2=C(O)C(=O)N(CCCN3CCOCC3)C2c2ccccc2)sc2nc3ccccc3n12. The summed E-state index contributed by atoms with van der Waals surface area (Å²) in [6, 6.07) is 16.6. The van der Waals surface area contributed by atoms with Crippen LogP contribution in [0, 0.1) is 6.92 Å². The highest BCUT2D eigenvalue weighted by atomic mass is 32.1. The molecule has 0 spiro atoms. The molecule has 2 aliphatic rings. The monoisotopic (exact) mass is 516 g/mol. The van der Waals surface area contributed by atoms with Crippen LogP contribution >= 0.6 is 11.3 Å². The number of nitrogens with zero attached hydrogens (tertiary/aromatic N) is 4. The van der Waals surface area contributed by atoms with Crippen LogP contribution in [0.1, 0.15) is 33.4 Å². The molecule has 4 heterocycles. The Labute approximate surface area is 218 Å². The molecule has 1 N–H and O–H groups in total. The Bertz CT molecular complexity index is 1520. The molecule has 1 atom stereocenters. The average Bonchev–Trinajstić information content (AvgIpc) is 3.54. The van der Waals surface area contributed by atoms with E-state index in [1.165, 1.54) is 11.3 Å². The molecule has 8 nitrogen and oxygen atoms in total. The van der Waals surface area contributed by atoms with E-state index in [2.05, 4.69) is 9.88 Å². The van der Waals surface area contributed by atoms with Gasteiger partial charge >= 0.3 is 0 Å². The van der Waals surface area contributed by atoms with E-state index in [1.807, 2.05) is 65.9 Å². The van der Waals surface area contributed by atoms with E-state index < -0.39 is 17.7 Å². The number of carbonyl (C=O) groups is 2. The van der Waals surface area contributed by atoms with E-state index in [1.54, 1.807) is 4.90 Å². The van der Waals surface area contributed by atoms with E-state index in [-0.39, 0.29) is 11.4 Å². The Hall–Kier alpha value is -3.53. The average molecular weight is 517 g/mol. The third-order valence-electron chi connectivity index (χ3n) is 7.23. The van der Waals surface area contributed by atoms with Crippen molar-refractivity contribution in [1.82, 2.24) is 19.2 Å². The zero-order chi connectivity index (χ0) is 25.5.